The molecule has 0 saturated carbocycles. The van der Waals surface area contributed by atoms with Crippen LogP contribution in [-0.2, 0) is 10.0 Å². The number of aryl methyl sites for hydroxylation is 1. The van der Waals surface area contributed by atoms with E-state index in [1.54, 1.807) is 19.1 Å². The lowest BCUT2D eigenvalue weighted by molar-refractivity contribution is 0.413. The first kappa shape index (κ1) is 16.9. The minimum atomic E-state index is -3.43. The van der Waals surface area contributed by atoms with Crippen LogP contribution in [0.25, 0.3) is 0 Å². The van der Waals surface area contributed by atoms with E-state index in [-0.39, 0.29) is 0 Å². The van der Waals surface area contributed by atoms with E-state index in [1.807, 2.05) is 6.07 Å². The topological polar surface area (TPSA) is 84.2 Å². The molecule has 0 fully saturated rings. The van der Waals surface area contributed by atoms with Crippen molar-refractivity contribution in [1.29, 1.82) is 0 Å². The second kappa shape index (κ2) is 7.06. The van der Waals surface area contributed by atoms with Gasteiger partial charge in [0.25, 0.3) is 0 Å². The first-order chi connectivity index (χ1) is 9.31. The van der Waals surface area contributed by atoms with Crippen LogP contribution >= 0.6 is 0 Å². The van der Waals surface area contributed by atoms with Gasteiger partial charge in [-0.15, -0.1) is 0 Å². The van der Waals surface area contributed by atoms with E-state index in [4.69, 9.17) is 5.73 Å². The van der Waals surface area contributed by atoms with Gasteiger partial charge in [0, 0.05) is 12.2 Å². The summed E-state index contributed by atoms with van der Waals surface area (Å²) in [5.41, 5.74) is 7.26. The van der Waals surface area contributed by atoms with Crippen molar-refractivity contribution in [3.05, 3.63) is 23.8 Å². The van der Waals surface area contributed by atoms with Crippen molar-refractivity contribution in [1.82, 2.24) is 4.72 Å². The molecule has 1 rings (SSSR count). The average Bonchev–Trinajstić information content (AvgIpc) is 2.40. The predicted molar refractivity (Wildman–Crippen MR) is 83.3 cm³/mol. The van der Waals surface area contributed by atoms with Gasteiger partial charge in [0.1, 0.15) is 0 Å². The second-order valence-electron chi connectivity index (χ2n) is 5.31. The number of nitrogens with one attached hydrogen (secondary N) is 2. The standard InChI is InChI=1S/C14H25N3O2S/c1-10(2)12(8-15)9-17-13-6-5-11(3)14(7-13)20(18,19)16-4/h5-7,10,12,16-17H,8-9,15H2,1-4H3. The lowest BCUT2D eigenvalue weighted by Crippen LogP contribution is -2.27. The van der Waals surface area contributed by atoms with Gasteiger partial charge in [-0.1, -0.05) is 19.9 Å². The first-order valence-corrected chi connectivity index (χ1v) is 8.28. The number of nitrogens with two attached hydrogens (primary N) is 1. The van der Waals surface area contributed by atoms with Gasteiger partial charge in [0.2, 0.25) is 10.0 Å². The molecule has 0 aliphatic rings. The smallest absolute Gasteiger partial charge is 0.240 e. The Kier molecular flexibility index (Phi) is 5.98. The number of rotatable bonds is 7. The maximum absolute atomic E-state index is 11.9. The molecule has 20 heavy (non-hydrogen) atoms. The summed E-state index contributed by atoms with van der Waals surface area (Å²) in [6.07, 6.45) is 0. The number of sulfonamides is 1. The Hall–Kier alpha value is -1.11. The molecule has 0 aliphatic heterocycles. The van der Waals surface area contributed by atoms with Crippen LogP contribution in [0.15, 0.2) is 23.1 Å². The van der Waals surface area contributed by atoms with Crippen LogP contribution in [-0.4, -0.2) is 28.6 Å². The van der Waals surface area contributed by atoms with Gasteiger partial charge in [-0.3, -0.25) is 0 Å². The highest BCUT2D eigenvalue weighted by molar-refractivity contribution is 7.89. The molecular formula is C14H25N3O2S. The van der Waals surface area contributed by atoms with Crippen LogP contribution in [0.2, 0.25) is 0 Å². The summed E-state index contributed by atoms with van der Waals surface area (Å²) < 4.78 is 26.2. The molecule has 1 aromatic carbocycles. The Morgan fingerprint density at radius 1 is 1.30 bits per heavy atom. The van der Waals surface area contributed by atoms with Gasteiger partial charge in [0.05, 0.1) is 4.90 Å². The fraction of sp³-hybridized carbons (Fsp3) is 0.571. The molecule has 1 aromatic rings. The van der Waals surface area contributed by atoms with Crippen LogP contribution < -0.4 is 15.8 Å². The molecule has 0 amide bonds. The number of benzene rings is 1. The minimum Gasteiger partial charge on any atom is -0.385 e. The lowest BCUT2D eigenvalue weighted by Gasteiger charge is -2.20. The first-order valence-electron chi connectivity index (χ1n) is 6.80. The van der Waals surface area contributed by atoms with Crippen LogP contribution in [0, 0.1) is 18.8 Å². The molecule has 114 valence electrons. The maximum Gasteiger partial charge on any atom is 0.240 e. The van der Waals surface area contributed by atoms with E-state index in [0.717, 1.165) is 17.8 Å². The molecule has 0 aromatic heterocycles. The molecule has 0 bridgehead atoms. The third-order valence-electron chi connectivity index (χ3n) is 3.56. The van der Waals surface area contributed by atoms with Crippen LogP contribution in [0.5, 0.6) is 0 Å². The van der Waals surface area contributed by atoms with E-state index in [9.17, 15) is 8.42 Å². The number of hydrogen-bond donors (Lipinski definition) is 3. The highest BCUT2D eigenvalue weighted by Crippen LogP contribution is 2.20. The quantitative estimate of drug-likeness (QED) is 0.713. The van der Waals surface area contributed by atoms with Gasteiger partial charge in [-0.25, -0.2) is 13.1 Å². The van der Waals surface area contributed by atoms with Crippen molar-refractivity contribution in [2.45, 2.75) is 25.7 Å². The van der Waals surface area contributed by atoms with Crippen molar-refractivity contribution in [2.24, 2.45) is 17.6 Å². The molecule has 0 spiro atoms. The van der Waals surface area contributed by atoms with Crippen molar-refractivity contribution in [2.75, 3.05) is 25.5 Å². The molecular weight excluding hydrogens is 274 g/mol. The largest absolute Gasteiger partial charge is 0.385 e. The molecule has 4 N–H and O–H groups in total. The van der Waals surface area contributed by atoms with Crippen LogP contribution in [0.4, 0.5) is 5.69 Å². The summed E-state index contributed by atoms with van der Waals surface area (Å²) in [7, 11) is -2.01. The zero-order chi connectivity index (χ0) is 15.3. The summed E-state index contributed by atoms with van der Waals surface area (Å²) in [6.45, 7) is 7.38. The van der Waals surface area contributed by atoms with E-state index in [1.165, 1.54) is 7.05 Å². The van der Waals surface area contributed by atoms with Crippen molar-refractivity contribution < 1.29 is 8.42 Å². The molecule has 1 unspecified atom stereocenters. The highest BCUT2D eigenvalue weighted by Gasteiger charge is 2.16. The Morgan fingerprint density at radius 2 is 1.95 bits per heavy atom. The third-order valence-corrected chi connectivity index (χ3v) is 5.12. The van der Waals surface area contributed by atoms with E-state index in [0.29, 0.717) is 23.3 Å². The third kappa shape index (κ3) is 4.19. The lowest BCUT2D eigenvalue weighted by atomic mass is 9.96. The summed E-state index contributed by atoms with van der Waals surface area (Å²) in [4.78, 5) is 0.304. The van der Waals surface area contributed by atoms with Crippen LogP contribution in [0.1, 0.15) is 19.4 Å². The van der Waals surface area contributed by atoms with E-state index < -0.39 is 10.0 Å². The molecule has 0 aliphatic carbocycles. The molecule has 5 nitrogen and oxygen atoms in total. The Balaban J connectivity index is 2.91. The fourth-order valence-electron chi connectivity index (χ4n) is 1.95. The normalized spacial score (nSPS) is 13.5. The van der Waals surface area contributed by atoms with Crippen molar-refractivity contribution in [3.63, 3.8) is 0 Å². The second-order valence-corrected chi connectivity index (χ2v) is 7.16. The van der Waals surface area contributed by atoms with Gasteiger partial charge >= 0.3 is 0 Å². The Labute approximate surface area is 122 Å². The van der Waals surface area contributed by atoms with E-state index in [2.05, 4.69) is 23.9 Å². The zero-order valence-electron chi connectivity index (χ0n) is 12.6. The average molecular weight is 299 g/mol. The Bertz CT molecular complexity index is 541. The molecule has 0 saturated heterocycles. The van der Waals surface area contributed by atoms with Gasteiger partial charge in [0.15, 0.2) is 0 Å². The van der Waals surface area contributed by atoms with E-state index >= 15 is 0 Å². The maximum atomic E-state index is 11.9. The fourth-order valence-corrected chi connectivity index (χ4v) is 2.94. The highest BCUT2D eigenvalue weighted by atomic mass is 32.2. The summed E-state index contributed by atoms with van der Waals surface area (Å²) in [5.74, 6) is 0.846. The van der Waals surface area contributed by atoms with Gasteiger partial charge in [-0.2, -0.15) is 0 Å². The molecule has 6 heteroatoms. The number of hydrogen-bond acceptors (Lipinski definition) is 4. The molecule has 1 atom stereocenters. The van der Waals surface area contributed by atoms with Gasteiger partial charge in [-0.05, 0) is 50.0 Å². The van der Waals surface area contributed by atoms with Gasteiger partial charge < -0.3 is 11.1 Å². The summed E-state index contributed by atoms with van der Waals surface area (Å²) >= 11 is 0. The molecule has 0 heterocycles. The van der Waals surface area contributed by atoms with Crippen molar-refractivity contribution >= 4 is 15.7 Å². The van der Waals surface area contributed by atoms with Crippen LogP contribution in [0.3, 0.4) is 0 Å². The predicted octanol–water partition coefficient (Wildman–Crippen LogP) is 1.55. The summed E-state index contributed by atoms with van der Waals surface area (Å²) in [6, 6.07) is 5.35. The monoisotopic (exact) mass is 299 g/mol. The zero-order valence-corrected chi connectivity index (χ0v) is 13.4. The Morgan fingerprint density at radius 3 is 2.45 bits per heavy atom. The SMILES string of the molecule is CNS(=O)(=O)c1cc(NCC(CN)C(C)C)ccc1C. The summed E-state index contributed by atoms with van der Waals surface area (Å²) in [5, 5.41) is 3.27. The molecule has 0 radical (unpaired) electrons. The number of anilines is 1. The van der Waals surface area contributed by atoms with Crippen molar-refractivity contribution in [3.8, 4) is 0 Å². The minimum absolute atomic E-state index is 0.304.